The van der Waals surface area contributed by atoms with Crippen molar-refractivity contribution in [2.24, 2.45) is 5.41 Å². The first-order valence-corrected chi connectivity index (χ1v) is 8.52. The minimum Gasteiger partial charge on any atom is -0.293 e. The van der Waals surface area contributed by atoms with E-state index in [1.165, 1.54) is 17.5 Å². The Hall–Kier alpha value is -2.22. The van der Waals surface area contributed by atoms with E-state index in [4.69, 9.17) is 0 Å². The highest BCUT2D eigenvalue weighted by Gasteiger charge is 2.55. The summed E-state index contributed by atoms with van der Waals surface area (Å²) in [6.07, 6.45) is 5.57. The normalized spacial score (nSPS) is 24.7. The average Bonchev–Trinajstić information content (AvgIpc) is 3.04. The van der Waals surface area contributed by atoms with Crippen LogP contribution in [0.15, 0.2) is 36.4 Å². The second kappa shape index (κ2) is 4.41. The van der Waals surface area contributed by atoms with E-state index in [0.29, 0.717) is 12.8 Å². The van der Waals surface area contributed by atoms with E-state index >= 15 is 0 Å². The molecule has 3 aliphatic carbocycles. The summed E-state index contributed by atoms with van der Waals surface area (Å²) in [5.41, 5.74) is 5.48. The molecule has 0 bridgehead atoms. The largest absolute Gasteiger partial charge is 0.293 e. The first-order valence-electron chi connectivity index (χ1n) is 8.52. The molecule has 0 aromatic heterocycles. The fraction of sp³-hybridized carbons (Fsp3) is 0.333. The Bertz CT molecular complexity index is 877. The van der Waals surface area contributed by atoms with E-state index in [0.717, 1.165) is 41.5 Å². The molecule has 0 aliphatic heterocycles. The molecule has 2 nitrogen and oxygen atoms in total. The molecule has 0 saturated heterocycles. The van der Waals surface area contributed by atoms with Crippen LogP contribution in [0.25, 0.3) is 0 Å². The lowest BCUT2D eigenvalue weighted by Crippen LogP contribution is -2.35. The summed E-state index contributed by atoms with van der Waals surface area (Å²) in [7, 11) is 0. The quantitative estimate of drug-likeness (QED) is 0.695. The fourth-order valence-electron chi connectivity index (χ4n) is 4.84. The first kappa shape index (κ1) is 13.2. The number of rotatable bonds is 0. The van der Waals surface area contributed by atoms with Crippen LogP contribution in [-0.4, -0.2) is 11.6 Å². The van der Waals surface area contributed by atoms with Crippen LogP contribution in [0.3, 0.4) is 0 Å². The van der Waals surface area contributed by atoms with Crippen LogP contribution < -0.4 is 0 Å². The van der Waals surface area contributed by atoms with Crippen molar-refractivity contribution in [1.82, 2.24) is 0 Å². The minimum atomic E-state index is -0.849. The van der Waals surface area contributed by atoms with Gasteiger partial charge in [-0.2, -0.15) is 0 Å². The van der Waals surface area contributed by atoms with Crippen molar-refractivity contribution in [3.8, 4) is 0 Å². The van der Waals surface area contributed by atoms with Gasteiger partial charge in [-0.1, -0.05) is 36.4 Å². The van der Waals surface area contributed by atoms with Crippen LogP contribution in [0.4, 0.5) is 0 Å². The third-order valence-corrected chi connectivity index (χ3v) is 5.96. The minimum absolute atomic E-state index is 0.0406. The Kier molecular flexibility index (Phi) is 2.54. The van der Waals surface area contributed by atoms with Gasteiger partial charge in [-0.05, 0) is 60.8 Å². The van der Waals surface area contributed by atoms with Gasteiger partial charge in [0.25, 0.3) is 0 Å². The van der Waals surface area contributed by atoms with E-state index < -0.39 is 5.41 Å². The number of carbonyl (C=O) groups is 2. The molecule has 114 valence electrons. The van der Waals surface area contributed by atoms with Gasteiger partial charge in [-0.3, -0.25) is 9.59 Å². The molecule has 23 heavy (non-hydrogen) atoms. The highest BCUT2D eigenvalue weighted by molar-refractivity contribution is 6.25. The van der Waals surface area contributed by atoms with E-state index in [-0.39, 0.29) is 11.6 Å². The predicted octanol–water partition coefficient (Wildman–Crippen LogP) is 3.73. The van der Waals surface area contributed by atoms with Crippen LogP contribution in [-0.2, 0) is 25.7 Å². The molecule has 0 heterocycles. The van der Waals surface area contributed by atoms with Gasteiger partial charge in [0.2, 0.25) is 0 Å². The number of hydrogen-bond donors (Lipinski definition) is 0. The number of fused-ring (bicyclic) bond motifs is 4. The van der Waals surface area contributed by atoms with Crippen molar-refractivity contribution in [3.05, 3.63) is 69.8 Å². The van der Waals surface area contributed by atoms with Crippen molar-refractivity contribution in [2.75, 3.05) is 0 Å². The van der Waals surface area contributed by atoms with Crippen molar-refractivity contribution in [2.45, 2.75) is 38.5 Å². The third kappa shape index (κ3) is 1.59. The standard InChI is InChI=1S/C21H18O2/c22-19-17-8-4-2-6-14(17)11-21(19)12-15-10-9-13-5-1-3-7-16(13)18(15)20(21)23/h2,4,6,8-10H,1,3,5,7,11-12H2/t21-/m1/s1. The zero-order valence-corrected chi connectivity index (χ0v) is 13.0. The Labute approximate surface area is 135 Å². The van der Waals surface area contributed by atoms with E-state index in [1.807, 2.05) is 24.3 Å². The molecule has 0 saturated carbocycles. The molecule has 0 amide bonds. The lowest BCUT2D eigenvalue weighted by atomic mass is 9.79. The fourth-order valence-corrected chi connectivity index (χ4v) is 4.84. The van der Waals surface area contributed by atoms with Crippen LogP contribution in [0, 0.1) is 5.41 Å². The average molecular weight is 302 g/mol. The van der Waals surface area contributed by atoms with Gasteiger partial charge >= 0.3 is 0 Å². The van der Waals surface area contributed by atoms with E-state index in [1.54, 1.807) is 0 Å². The monoisotopic (exact) mass is 302 g/mol. The molecule has 5 rings (SSSR count). The summed E-state index contributed by atoms with van der Waals surface area (Å²) < 4.78 is 0. The first-order chi connectivity index (χ1) is 11.2. The maximum Gasteiger partial charge on any atom is 0.178 e. The lowest BCUT2D eigenvalue weighted by Gasteiger charge is -2.20. The van der Waals surface area contributed by atoms with Gasteiger partial charge in [0.1, 0.15) is 5.41 Å². The van der Waals surface area contributed by atoms with Gasteiger partial charge in [-0.15, -0.1) is 0 Å². The lowest BCUT2D eigenvalue weighted by molar-refractivity contribution is 0.0705. The molecular weight excluding hydrogens is 284 g/mol. The molecule has 2 aromatic carbocycles. The second-order valence-corrected chi connectivity index (χ2v) is 7.20. The number of carbonyl (C=O) groups excluding carboxylic acids is 2. The molecular formula is C21H18O2. The van der Waals surface area contributed by atoms with Gasteiger partial charge in [0.05, 0.1) is 0 Å². The topological polar surface area (TPSA) is 34.1 Å². The van der Waals surface area contributed by atoms with Crippen LogP contribution in [0.5, 0.6) is 0 Å². The molecule has 0 radical (unpaired) electrons. The summed E-state index contributed by atoms with van der Waals surface area (Å²) in [5, 5.41) is 0. The van der Waals surface area contributed by atoms with Crippen molar-refractivity contribution in [3.63, 3.8) is 0 Å². The Balaban J connectivity index is 1.67. The summed E-state index contributed by atoms with van der Waals surface area (Å²) >= 11 is 0. The molecule has 3 aliphatic rings. The summed E-state index contributed by atoms with van der Waals surface area (Å²) in [4.78, 5) is 26.4. The highest BCUT2D eigenvalue weighted by Crippen LogP contribution is 2.48. The molecule has 2 heteroatoms. The summed E-state index contributed by atoms with van der Waals surface area (Å²) in [5.74, 6) is 0.131. The van der Waals surface area contributed by atoms with Gasteiger partial charge in [-0.25, -0.2) is 0 Å². The number of hydrogen-bond acceptors (Lipinski definition) is 2. The second-order valence-electron chi connectivity index (χ2n) is 7.20. The van der Waals surface area contributed by atoms with Crippen molar-refractivity contribution < 1.29 is 9.59 Å². The molecule has 0 fully saturated rings. The van der Waals surface area contributed by atoms with Crippen LogP contribution in [0.2, 0.25) is 0 Å². The maximum atomic E-state index is 13.4. The zero-order valence-electron chi connectivity index (χ0n) is 13.0. The molecule has 0 N–H and O–H groups in total. The Morgan fingerprint density at radius 2 is 1.48 bits per heavy atom. The van der Waals surface area contributed by atoms with Gasteiger partial charge < -0.3 is 0 Å². The smallest absolute Gasteiger partial charge is 0.178 e. The summed E-state index contributed by atoms with van der Waals surface area (Å²) in [6.45, 7) is 0. The predicted molar refractivity (Wildman–Crippen MR) is 88.0 cm³/mol. The summed E-state index contributed by atoms with van der Waals surface area (Å²) in [6, 6.07) is 12.0. The highest BCUT2D eigenvalue weighted by atomic mass is 16.2. The molecule has 0 unspecified atom stereocenters. The zero-order chi connectivity index (χ0) is 15.6. The molecule has 1 atom stereocenters. The maximum absolute atomic E-state index is 13.4. The van der Waals surface area contributed by atoms with E-state index in [2.05, 4.69) is 12.1 Å². The van der Waals surface area contributed by atoms with Gasteiger partial charge in [0, 0.05) is 11.1 Å². The number of aryl methyl sites for hydroxylation is 1. The van der Waals surface area contributed by atoms with Crippen LogP contribution in [0.1, 0.15) is 55.8 Å². The number of Topliss-reactive ketones (excluding diaryl/α,β-unsaturated/α-hetero) is 2. The van der Waals surface area contributed by atoms with Crippen molar-refractivity contribution >= 4 is 11.6 Å². The third-order valence-electron chi connectivity index (χ3n) is 5.96. The molecule has 2 aromatic rings. The van der Waals surface area contributed by atoms with Crippen molar-refractivity contribution in [1.29, 1.82) is 0 Å². The number of benzene rings is 2. The SMILES string of the molecule is O=C1c2ccccc2C[C@@]12Cc1ccc3c(c1C2=O)CCCC3. The Morgan fingerprint density at radius 1 is 0.739 bits per heavy atom. The van der Waals surface area contributed by atoms with Gasteiger partial charge in [0.15, 0.2) is 11.6 Å². The van der Waals surface area contributed by atoms with E-state index in [9.17, 15) is 9.59 Å². The van der Waals surface area contributed by atoms with Crippen LogP contribution >= 0.6 is 0 Å². The Morgan fingerprint density at radius 3 is 2.35 bits per heavy atom. The molecule has 1 spiro atoms. The number of ketones is 2.